The lowest BCUT2D eigenvalue weighted by Gasteiger charge is -2.48. The van der Waals surface area contributed by atoms with Gasteiger partial charge in [0.15, 0.2) is 0 Å². The first kappa shape index (κ1) is 18.6. The van der Waals surface area contributed by atoms with Crippen molar-refractivity contribution in [1.29, 1.82) is 0 Å². The normalized spacial score (nSPS) is 24.3. The first-order valence-electron chi connectivity index (χ1n) is 11.3. The van der Waals surface area contributed by atoms with E-state index in [0.717, 1.165) is 31.4 Å². The highest BCUT2D eigenvalue weighted by atomic mass is 16.5. The zero-order chi connectivity index (χ0) is 21.0. The fourth-order valence-corrected chi connectivity index (χ4v) is 6.39. The Morgan fingerprint density at radius 2 is 1.81 bits per heavy atom. The molecule has 2 aliphatic rings. The maximum atomic E-state index is 5.72. The van der Waals surface area contributed by atoms with Gasteiger partial charge in [0.1, 0.15) is 5.76 Å². The van der Waals surface area contributed by atoms with E-state index in [-0.39, 0.29) is 5.41 Å². The van der Waals surface area contributed by atoms with E-state index < -0.39 is 0 Å². The van der Waals surface area contributed by atoms with Crippen LogP contribution in [0, 0.1) is 5.92 Å². The van der Waals surface area contributed by atoms with Gasteiger partial charge in [0.25, 0.3) is 0 Å². The summed E-state index contributed by atoms with van der Waals surface area (Å²) in [6, 6.07) is 21.6. The average Bonchev–Trinajstić information content (AvgIpc) is 3.39. The van der Waals surface area contributed by atoms with Crippen LogP contribution in [0.15, 0.2) is 71.4 Å². The topological polar surface area (TPSA) is 43.9 Å². The fraction of sp³-hybridized carbons (Fsp3) is 0.333. The summed E-state index contributed by atoms with van der Waals surface area (Å²) in [6.45, 7) is 2.32. The SMILES string of the molecule is C[C@@H]1c2oncc2C[C@]2(Cc3ccccc3)c3nn(C)c(-c4ccccc4)c3CC[C@@H]12. The van der Waals surface area contributed by atoms with E-state index in [0.29, 0.717) is 11.8 Å². The fourth-order valence-electron chi connectivity index (χ4n) is 6.39. The van der Waals surface area contributed by atoms with E-state index >= 15 is 0 Å². The lowest BCUT2D eigenvalue weighted by Crippen LogP contribution is -2.48. The first-order chi connectivity index (χ1) is 15.2. The molecule has 4 nitrogen and oxygen atoms in total. The van der Waals surface area contributed by atoms with Crippen LogP contribution in [-0.4, -0.2) is 14.9 Å². The van der Waals surface area contributed by atoms with Crippen LogP contribution in [0.3, 0.4) is 0 Å². The number of benzene rings is 2. The van der Waals surface area contributed by atoms with E-state index in [4.69, 9.17) is 9.62 Å². The number of aryl methyl sites for hydroxylation is 1. The molecule has 0 saturated carbocycles. The molecule has 0 unspecified atom stereocenters. The average molecular weight is 410 g/mol. The molecule has 31 heavy (non-hydrogen) atoms. The lowest BCUT2D eigenvalue weighted by molar-refractivity contribution is 0.155. The molecule has 0 radical (unpaired) electrons. The summed E-state index contributed by atoms with van der Waals surface area (Å²) in [5, 5.41) is 9.41. The van der Waals surface area contributed by atoms with Crippen molar-refractivity contribution in [3.8, 4) is 11.3 Å². The van der Waals surface area contributed by atoms with E-state index in [2.05, 4.69) is 84.5 Å². The molecule has 0 spiro atoms. The molecule has 0 saturated heterocycles. The molecule has 4 aromatic rings. The van der Waals surface area contributed by atoms with Gasteiger partial charge in [0.2, 0.25) is 0 Å². The van der Waals surface area contributed by atoms with Crippen LogP contribution in [0.2, 0.25) is 0 Å². The summed E-state index contributed by atoms with van der Waals surface area (Å²) in [4.78, 5) is 0. The molecule has 0 fully saturated rings. The molecule has 0 bridgehead atoms. The van der Waals surface area contributed by atoms with Crippen molar-refractivity contribution < 1.29 is 4.52 Å². The molecule has 0 aliphatic heterocycles. The number of aromatic nitrogens is 3. The number of rotatable bonds is 3. The van der Waals surface area contributed by atoms with Gasteiger partial charge in [-0.1, -0.05) is 72.7 Å². The Morgan fingerprint density at radius 3 is 2.58 bits per heavy atom. The predicted octanol–water partition coefficient (Wildman–Crippen LogP) is 5.48. The molecule has 3 atom stereocenters. The molecule has 0 amide bonds. The zero-order valence-electron chi connectivity index (χ0n) is 18.1. The van der Waals surface area contributed by atoms with Gasteiger partial charge in [-0.3, -0.25) is 4.68 Å². The van der Waals surface area contributed by atoms with Crippen molar-refractivity contribution >= 4 is 0 Å². The van der Waals surface area contributed by atoms with Gasteiger partial charge in [-0.25, -0.2) is 0 Å². The Morgan fingerprint density at radius 1 is 1.06 bits per heavy atom. The summed E-state index contributed by atoms with van der Waals surface area (Å²) in [6.07, 6.45) is 6.07. The Kier molecular flexibility index (Phi) is 4.17. The van der Waals surface area contributed by atoms with Crippen LogP contribution in [0.1, 0.15) is 47.4 Å². The third-order valence-electron chi connectivity index (χ3n) is 7.64. The van der Waals surface area contributed by atoms with Crippen molar-refractivity contribution in [2.24, 2.45) is 13.0 Å². The van der Waals surface area contributed by atoms with Gasteiger partial charge in [-0.15, -0.1) is 0 Å². The summed E-state index contributed by atoms with van der Waals surface area (Å²) >= 11 is 0. The van der Waals surface area contributed by atoms with Crippen LogP contribution >= 0.6 is 0 Å². The smallest absolute Gasteiger partial charge is 0.143 e. The number of nitrogens with zero attached hydrogens (tertiary/aromatic N) is 3. The summed E-state index contributed by atoms with van der Waals surface area (Å²) in [5.74, 6) is 1.90. The van der Waals surface area contributed by atoms with E-state index in [9.17, 15) is 0 Å². The van der Waals surface area contributed by atoms with Crippen LogP contribution < -0.4 is 0 Å². The lowest BCUT2D eigenvalue weighted by atomic mass is 9.54. The van der Waals surface area contributed by atoms with Crippen molar-refractivity contribution in [2.45, 2.75) is 43.9 Å². The summed E-state index contributed by atoms with van der Waals surface area (Å²) < 4.78 is 7.84. The molecule has 2 heterocycles. The second kappa shape index (κ2) is 6.94. The van der Waals surface area contributed by atoms with Crippen molar-refractivity contribution in [2.75, 3.05) is 0 Å². The van der Waals surface area contributed by atoms with Gasteiger partial charge in [-0.05, 0) is 37.2 Å². The van der Waals surface area contributed by atoms with Crippen molar-refractivity contribution in [1.82, 2.24) is 14.9 Å². The second-order valence-corrected chi connectivity index (χ2v) is 9.31. The molecule has 4 heteroatoms. The van der Waals surface area contributed by atoms with E-state index in [1.165, 1.54) is 33.6 Å². The molecule has 2 aliphatic carbocycles. The number of hydrogen-bond acceptors (Lipinski definition) is 3. The van der Waals surface area contributed by atoms with Crippen molar-refractivity contribution in [3.05, 3.63) is 95.0 Å². The standard InChI is InChI=1S/C27H27N3O/c1-18-23-14-13-22-24(20-11-7-4-8-12-20)30(2)29-26(22)27(23,15-19-9-5-3-6-10-19)16-21-17-28-31-25(18)21/h3-12,17-18,23H,13-16H2,1-2H3/t18-,23-,27-/m0/s1. The molecule has 0 N–H and O–H groups in total. The minimum absolute atomic E-state index is 0.0440. The molecular formula is C27H27N3O. The predicted molar refractivity (Wildman–Crippen MR) is 121 cm³/mol. The maximum Gasteiger partial charge on any atom is 0.143 e. The first-order valence-corrected chi connectivity index (χ1v) is 11.3. The molecule has 6 rings (SSSR count). The Hall–Kier alpha value is -3.14. The van der Waals surface area contributed by atoms with Crippen LogP contribution in [-0.2, 0) is 31.7 Å². The summed E-state index contributed by atoms with van der Waals surface area (Å²) in [7, 11) is 2.10. The third-order valence-corrected chi connectivity index (χ3v) is 7.64. The summed E-state index contributed by atoms with van der Waals surface area (Å²) in [5.41, 5.74) is 7.81. The van der Waals surface area contributed by atoms with E-state index in [1.54, 1.807) is 0 Å². The highest BCUT2D eigenvalue weighted by Crippen LogP contribution is 2.56. The quantitative estimate of drug-likeness (QED) is 0.450. The Balaban J connectivity index is 1.57. The Bertz CT molecular complexity index is 1220. The van der Waals surface area contributed by atoms with Gasteiger partial charge in [-0.2, -0.15) is 5.10 Å². The minimum atomic E-state index is -0.0440. The van der Waals surface area contributed by atoms with Gasteiger partial charge >= 0.3 is 0 Å². The van der Waals surface area contributed by atoms with Gasteiger partial charge in [0.05, 0.1) is 17.6 Å². The van der Waals surface area contributed by atoms with Gasteiger partial charge < -0.3 is 4.52 Å². The number of hydrogen-bond donors (Lipinski definition) is 0. The molecule has 156 valence electrons. The maximum absolute atomic E-state index is 5.72. The van der Waals surface area contributed by atoms with Crippen LogP contribution in [0.25, 0.3) is 11.3 Å². The number of fused-ring (bicyclic) bond motifs is 4. The van der Waals surface area contributed by atoms with Crippen LogP contribution in [0.4, 0.5) is 0 Å². The third kappa shape index (κ3) is 2.74. The van der Waals surface area contributed by atoms with Gasteiger partial charge in [0, 0.05) is 35.1 Å². The zero-order valence-corrected chi connectivity index (χ0v) is 18.1. The largest absolute Gasteiger partial charge is 0.361 e. The highest BCUT2D eigenvalue weighted by molar-refractivity contribution is 5.66. The minimum Gasteiger partial charge on any atom is -0.361 e. The second-order valence-electron chi connectivity index (χ2n) is 9.31. The molecule has 2 aromatic heterocycles. The molecular weight excluding hydrogens is 382 g/mol. The monoisotopic (exact) mass is 409 g/mol. The van der Waals surface area contributed by atoms with E-state index in [1.807, 2.05) is 6.20 Å². The Labute approximate surface area is 182 Å². The highest BCUT2D eigenvalue weighted by Gasteiger charge is 2.53. The van der Waals surface area contributed by atoms with Crippen molar-refractivity contribution in [3.63, 3.8) is 0 Å². The van der Waals surface area contributed by atoms with Crippen LogP contribution in [0.5, 0.6) is 0 Å². The molecule has 2 aromatic carbocycles.